The topological polar surface area (TPSA) is 0 Å². The van der Waals surface area contributed by atoms with E-state index in [0.717, 1.165) is 0 Å². The van der Waals surface area contributed by atoms with E-state index in [-0.39, 0.29) is 48.0 Å². The molecule has 0 spiro atoms. The Morgan fingerprint density at radius 2 is 1.00 bits per heavy atom. The van der Waals surface area contributed by atoms with Gasteiger partial charge in [0.2, 0.25) is 0 Å². The maximum absolute atomic E-state index is 2.40. The Morgan fingerprint density at radius 3 is 1.00 bits per heavy atom. The number of hydrogen-bond donors (Lipinski definition) is 0. The molecule has 0 amide bonds. The fourth-order valence-electron chi connectivity index (χ4n) is 0. The summed E-state index contributed by atoms with van der Waals surface area (Å²) >= 11 is 5.24. The first kappa shape index (κ1) is 15.9. The minimum absolute atomic E-state index is 0. The van der Waals surface area contributed by atoms with E-state index in [1.54, 1.807) is 0 Å². The average Bonchev–Trinajstić information content (AvgIpc) is 0.918. The predicted molar refractivity (Wildman–Crippen MR) is 58.9 cm³/mol. The van der Waals surface area contributed by atoms with Crippen LogP contribution < -0.4 is 0 Å². The van der Waals surface area contributed by atoms with Crippen LogP contribution in [0, 0.1) is 0 Å². The van der Waals surface area contributed by atoms with Crippen LogP contribution in [0.4, 0.5) is 0 Å². The normalized spacial score (nSPS) is 2.80. The standard InChI is InChI=1S/4HI.Ti/h4*1H;/q;;;;+2/p-2. The van der Waals surface area contributed by atoms with Crippen molar-refractivity contribution in [1.82, 2.24) is 0 Å². The third-order valence-electron chi connectivity index (χ3n) is 0. The van der Waals surface area contributed by atoms with Crippen LogP contribution in [-0.4, -0.2) is 0 Å². The molecule has 0 bridgehead atoms. The fourth-order valence-corrected chi connectivity index (χ4v) is 0. The van der Waals surface area contributed by atoms with Gasteiger partial charge in [-0.2, -0.15) is 0 Å². The van der Waals surface area contributed by atoms with Crippen LogP contribution >= 0.6 is 86.3 Å². The second-order valence-electron chi connectivity index (χ2n) is 0.0714. The molecule has 0 fully saturated rings. The molecule has 5 heteroatoms. The molecule has 0 aromatic carbocycles. The summed E-state index contributed by atoms with van der Waals surface area (Å²) in [5, 5.41) is 0. The van der Waals surface area contributed by atoms with Gasteiger partial charge < -0.3 is 0 Å². The van der Waals surface area contributed by atoms with Gasteiger partial charge in [0, 0.05) is 0 Å². The molecule has 0 rings (SSSR count). The molecule has 0 heterocycles. The average molecular weight is 557 g/mol. The van der Waals surface area contributed by atoms with E-state index in [9.17, 15) is 0 Å². The van der Waals surface area contributed by atoms with Crippen LogP contribution in [-0.2, 0) is 11.7 Å². The fraction of sp³-hybridized carbons (Fsp3) is 0. The van der Waals surface area contributed by atoms with E-state index in [2.05, 4.69) is 38.4 Å². The van der Waals surface area contributed by atoms with Gasteiger partial charge in [-0.15, -0.1) is 48.0 Å². The Labute approximate surface area is 95.3 Å². The van der Waals surface area contributed by atoms with Crippen LogP contribution in [0.1, 0.15) is 0 Å². The molecule has 0 saturated heterocycles. The molecule has 0 radical (unpaired) electrons. The van der Waals surface area contributed by atoms with Gasteiger partial charge in [-0.1, -0.05) is 0 Å². The van der Waals surface area contributed by atoms with Crippen LogP contribution in [0.5, 0.6) is 0 Å². The molecule has 0 aromatic rings. The van der Waals surface area contributed by atoms with Gasteiger partial charge >= 0.3 is 50.0 Å². The van der Waals surface area contributed by atoms with Crippen LogP contribution in [0.2, 0.25) is 0 Å². The first-order valence-electron chi connectivity index (χ1n) is 0.378. The second kappa shape index (κ2) is 15.6. The molecular formula is H2I4Ti. The van der Waals surface area contributed by atoms with Gasteiger partial charge in [-0.3, -0.25) is 0 Å². The monoisotopic (exact) mass is 558 g/mol. The van der Waals surface area contributed by atoms with Crippen molar-refractivity contribution in [2.24, 2.45) is 0 Å². The van der Waals surface area contributed by atoms with E-state index >= 15 is 0 Å². The van der Waals surface area contributed by atoms with Crippen molar-refractivity contribution in [2.45, 2.75) is 0 Å². The molecule has 0 atom stereocenters. The van der Waals surface area contributed by atoms with Crippen LogP contribution in [0.25, 0.3) is 0 Å². The van der Waals surface area contributed by atoms with Gasteiger partial charge in [0.25, 0.3) is 0 Å². The van der Waals surface area contributed by atoms with Crippen LogP contribution in [0.3, 0.4) is 0 Å². The molecule has 0 N–H and O–H groups in total. The summed E-state index contributed by atoms with van der Waals surface area (Å²) in [6, 6.07) is 0. The van der Waals surface area contributed by atoms with E-state index in [0.29, 0.717) is 11.7 Å². The summed E-state index contributed by atoms with van der Waals surface area (Å²) in [5.41, 5.74) is 0. The second-order valence-corrected chi connectivity index (χ2v) is 13.3. The van der Waals surface area contributed by atoms with Crippen molar-refractivity contribution < 1.29 is 11.7 Å². The third-order valence-corrected chi connectivity index (χ3v) is 0. The summed E-state index contributed by atoms with van der Waals surface area (Å²) < 4.78 is 0. The van der Waals surface area contributed by atoms with Gasteiger partial charge in [-0.25, -0.2) is 0 Å². The van der Waals surface area contributed by atoms with Crippen LogP contribution in [0.15, 0.2) is 0 Å². The van der Waals surface area contributed by atoms with Gasteiger partial charge in [0.15, 0.2) is 0 Å². The molecule has 0 nitrogen and oxygen atoms in total. The Balaban J connectivity index is -0.0000000200. The van der Waals surface area contributed by atoms with Crippen molar-refractivity contribution >= 4 is 86.3 Å². The number of hydrogen-bond acceptors (Lipinski definition) is 0. The molecule has 34 valence electrons. The van der Waals surface area contributed by atoms with Gasteiger partial charge in [-0.05, 0) is 0 Å². The Kier molecular flexibility index (Phi) is 49.6. The Morgan fingerprint density at radius 1 is 1.00 bits per heavy atom. The van der Waals surface area contributed by atoms with E-state index in [1.807, 2.05) is 0 Å². The molecule has 0 saturated carbocycles. The zero-order valence-corrected chi connectivity index (χ0v) is 12.6. The van der Waals surface area contributed by atoms with Crippen molar-refractivity contribution in [3.8, 4) is 0 Å². The minimum atomic E-state index is 0. The molecule has 0 aliphatic heterocycles. The Bertz CT molecular complexity index is 3.61. The molecule has 0 aliphatic rings. The zero-order valence-electron chi connectivity index (χ0n) is 2.07. The summed E-state index contributed by atoms with van der Waals surface area (Å²) in [4.78, 5) is 0. The molecule has 5 heavy (non-hydrogen) atoms. The number of halogens is 4. The van der Waals surface area contributed by atoms with E-state index < -0.39 is 0 Å². The van der Waals surface area contributed by atoms with Gasteiger partial charge in [0.1, 0.15) is 0 Å². The van der Waals surface area contributed by atoms with E-state index in [4.69, 9.17) is 0 Å². The summed E-state index contributed by atoms with van der Waals surface area (Å²) in [6.45, 7) is 0. The van der Waals surface area contributed by atoms with Crippen molar-refractivity contribution in [1.29, 1.82) is 0 Å². The van der Waals surface area contributed by atoms with Gasteiger partial charge in [0.05, 0.1) is 0 Å². The molecule has 0 unspecified atom stereocenters. The first-order valence-corrected chi connectivity index (χ1v) is 10.5. The van der Waals surface area contributed by atoms with E-state index in [1.165, 1.54) is 0 Å². The third kappa shape index (κ3) is 18.3. The summed E-state index contributed by atoms with van der Waals surface area (Å²) in [5.74, 6) is 0. The summed E-state index contributed by atoms with van der Waals surface area (Å²) in [6.07, 6.45) is 0. The first-order chi connectivity index (χ1) is 1.41. The predicted octanol–water partition coefficient (Wildman–Crippen LogP) is 3.00. The van der Waals surface area contributed by atoms with Crippen molar-refractivity contribution in [3.63, 3.8) is 0 Å². The van der Waals surface area contributed by atoms with Crippen molar-refractivity contribution in [3.05, 3.63) is 0 Å². The van der Waals surface area contributed by atoms with Crippen molar-refractivity contribution in [2.75, 3.05) is 0 Å². The quantitative estimate of drug-likeness (QED) is 0.318. The summed E-state index contributed by atoms with van der Waals surface area (Å²) in [7, 11) is 0. The SMILES string of the molecule is I.I.[I][Ti][I]. The molecule has 0 aliphatic carbocycles. The molecular weight excluding hydrogens is 555 g/mol. The number of rotatable bonds is 0. The maximum atomic E-state index is 2.40. The zero-order chi connectivity index (χ0) is 2.71. The molecule has 0 aromatic heterocycles. The Hall–Kier alpha value is 3.63.